The molecule has 0 spiro atoms. The van der Waals surface area contributed by atoms with Gasteiger partial charge in [-0.15, -0.1) is 10.2 Å². The molecule has 154 valence electrons. The molecule has 6 nitrogen and oxygen atoms in total. The third-order valence-electron chi connectivity index (χ3n) is 5.15. The summed E-state index contributed by atoms with van der Waals surface area (Å²) in [5.41, 5.74) is 4.89. The van der Waals surface area contributed by atoms with Crippen LogP contribution in [-0.4, -0.2) is 47.3 Å². The van der Waals surface area contributed by atoms with Crippen molar-refractivity contribution in [3.63, 3.8) is 0 Å². The van der Waals surface area contributed by atoms with Crippen LogP contribution < -0.4 is 10.2 Å². The molecule has 2 amide bonds. The number of carbonyl (C=O) groups is 1. The van der Waals surface area contributed by atoms with E-state index in [2.05, 4.69) is 26.5 Å². The van der Waals surface area contributed by atoms with Crippen molar-refractivity contribution in [2.75, 3.05) is 36.4 Å². The van der Waals surface area contributed by atoms with Gasteiger partial charge in [-0.1, -0.05) is 29.8 Å². The van der Waals surface area contributed by atoms with Crippen LogP contribution in [0.25, 0.3) is 11.3 Å². The Morgan fingerprint density at radius 1 is 0.900 bits per heavy atom. The maximum atomic E-state index is 12.6. The van der Waals surface area contributed by atoms with Crippen molar-refractivity contribution in [3.05, 3.63) is 70.7 Å². The molecular formula is C23H24ClN5O. The van der Waals surface area contributed by atoms with E-state index in [1.54, 1.807) is 0 Å². The fourth-order valence-electron chi connectivity index (χ4n) is 3.66. The van der Waals surface area contributed by atoms with Crippen LogP contribution in [0.2, 0.25) is 5.02 Å². The highest BCUT2D eigenvalue weighted by molar-refractivity contribution is 6.30. The first-order valence-corrected chi connectivity index (χ1v) is 10.3. The molecular weight excluding hydrogens is 398 g/mol. The second kappa shape index (κ2) is 8.71. The minimum Gasteiger partial charge on any atom is -0.352 e. The maximum Gasteiger partial charge on any atom is 0.321 e. The molecule has 0 radical (unpaired) electrons. The number of nitrogens with one attached hydrogen (secondary N) is 1. The van der Waals surface area contributed by atoms with Crippen LogP contribution in [0.5, 0.6) is 0 Å². The normalized spacial score (nSPS) is 14.0. The van der Waals surface area contributed by atoms with Gasteiger partial charge in [0.2, 0.25) is 0 Å². The minimum atomic E-state index is -0.0659. The van der Waals surface area contributed by atoms with Crippen LogP contribution in [0.3, 0.4) is 0 Å². The van der Waals surface area contributed by atoms with E-state index < -0.39 is 0 Å². The van der Waals surface area contributed by atoms with Crippen molar-refractivity contribution < 1.29 is 4.79 Å². The van der Waals surface area contributed by atoms with Gasteiger partial charge in [0.15, 0.2) is 5.82 Å². The number of aryl methyl sites for hydroxylation is 2. The summed E-state index contributed by atoms with van der Waals surface area (Å²) in [4.78, 5) is 16.6. The molecule has 1 aliphatic rings. The quantitative estimate of drug-likeness (QED) is 0.661. The second-order valence-electron chi connectivity index (χ2n) is 7.56. The van der Waals surface area contributed by atoms with Gasteiger partial charge in [0.05, 0.1) is 5.69 Å². The molecule has 30 heavy (non-hydrogen) atoms. The fraction of sp³-hybridized carbons (Fsp3) is 0.261. The third-order valence-corrected chi connectivity index (χ3v) is 5.41. The molecule has 1 aliphatic heterocycles. The Balaban J connectivity index is 1.34. The molecule has 0 atom stereocenters. The van der Waals surface area contributed by atoms with Gasteiger partial charge < -0.3 is 15.1 Å². The largest absolute Gasteiger partial charge is 0.352 e. The number of carbonyl (C=O) groups excluding carboxylic acids is 1. The highest BCUT2D eigenvalue weighted by atomic mass is 35.5. The van der Waals surface area contributed by atoms with Crippen LogP contribution in [0, 0.1) is 13.8 Å². The number of halogens is 1. The monoisotopic (exact) mass is 421 g/mol. The van der Waals surface area contributed by atoms with Gasteiger partial charge >= 0.3 is 6.03 Å². The molecule has 0 aliphatic carbocycles. The van der Waals surface area contributed by atoms with Gasteiger partial charge in [0.25, 0.3) is 0 Å². The van der Waals surface area contributed by atoms with Gasteiger partial charge in [-0.25, -0.2) is 4.79 Å². The van der Waals surface area contributed by atoms with Crippen molar-refractivity contribution in [1.82, 2.24) is 15.1 Å². The fourth-order valence-corrected chi connectivity index (χ4v) is 3.78. The van der Waals surface area contributed by atoms with Gasteiger partial charge in [-0.3, -0.25) is 0 Å². The van der Waals surface area contributed by atoms with E-state index in [0.717, 1.165) is 47.0 Å². The van der Waals surface area contributed by atoms with Crippen molar-refractivity contribution in [3.8, 4) is 11.3 Å². The number of piperazine rings is 1. The molecule has 1 saturated heterocycles. The molecule has 4 rings (SSSR count). The molecule has 2 heterocycles. The lowest BCUT2D eigenvalue weighted by molar-refractivity contribution is 0.208. The highest BCUT2D eigenvalue weighted by Gasteiger charge is 2.22. The van der Waals surface area contributed by atoms with Crippen LogP contribution in [0.1, 0.15) is 11.1 Å². The topological polar surface area (TPSA) is 61.4 Å². The predicted molar refractivity (Wildman–Crippen MR) is 121 cm³/mol. The number of urea groups is 1. The van der Waals surface area contributed by atoms with Gasteiger partial charge in [-0.2, -0.15) is 0 Å². The van der Waals surface area contributed by atoms with E-state index in [0.29, 0.717) is 18.1 Å². The minimum absolute atomic E-state index is 0.0659. The Kier molecular flexibility index (Phi) is 5.86. The first-order valence-electron chi connectivity index (χ1n) is 9.97. The Labute approximate surface area is 181 Å². The number of hydrogen-bond acceptors (Lipinski definition) is 4. The first-order chi connectivity index (χ1) is 14.5. The van der Waals surface area contributed by atoms with Crippen molar-refractivity contribution >= 4 is 29.1 Å². The van der Waals surface area contributed by atoms with E-state index in [1.807, 2.05) is 67.3 Å². The molecule has 0 bridgehead atoms. The summed E-state index contributed by atoms with van der Waals surface area (Å²) < 4.78 is 0. The molecule has 0 unspecified atom stereocenters. The number of hydrogen-bond donors (Lipinski definition) is 1. The van der Waals surface area contributed by atoms with Gasteiger partial charge in [-0.05, 0) is 61.4 Å². The van der Waals surface area contributed by atoms with Crippen molar-refractivity contribution in [2.45, 2.75) is 13.8 Å². The number of anilines is 2. The Morgan fingerprint density at radius 2 is 1.57 bits per heavy atom. The van der Waals surface area contributed by atoms with Gasteiger partial charge in [0, 0.05) is 42.5 Å². The van der Waals surface area contributed by atoms with E-state index in [4.69, 9.17) is 11.6 Å². The van der Waals surface area contributed by atoms with Crippen LogP contribution >= 0.6 is 11.6 Å². The molecule has 3 aromatic rings. The number of benzene rings is 2. The summed E-state index contributed by atoms with van der Waals surface area (Å²) in [6.07, 6.45) is 0. The lowest BCUT2D eigenvalue weighted by Crippen LogP contribution is -2.50. The number of amides is 2. The van der Waals surface area contributed by atoms with E-state index >= 15 is 0 Å². The first kappa shape index (κ1) is 20.2. The Morgan fingerprint density at radius 3 is 2.17 bits per heavy atom. The standard InChI is InChI=1S/C23H24ClN5O/c1-16-13-17(2)15-20(14-16)25-23(30)29-11-9-28(10-12-29)22-8-7-21(26-27-22)18-3-5-19(24)6-4-18/h3-8,13-15H,9-12H2,1-2H3,(H,25,30). The predicted octanol–water partition coefficient (Wildman–Crippen LogP) is 4.77. The molecule has 1 N–H and O–H groups in total. The molecule has 7 heteroatoms. The number of nitrogens with zero attached hydrogens (tertiary/aromatic N) is 4. The van der Waals surface area contributed by atoms with Gasteiger partial charge in [0.1, 0.15) is 0 Å². The van der Waals surface area contributed by atoms with E-state index in [9.17, 15) is 4.79 Å². The molecule has 1 aromatic heterocycles. The summed E-state index contributed by atoms with van der Waals surface area (Å²) in [6, 6.07) is 17.5. The third kappa shape index (κ3) is 4.71. The SMILES string of the molecule is Cc1cc(C)cc(NC(=O)N2CCN(c3ccc(-c4ccc(Cl)cc4)nn3)CC2)c1. The maximum absolute atomic E-state index is 12.6. The van der Waals surface area contributed by atoms with Crippen LogP contribution in [0.15, 0.2) is 54.6 Å². The number of rotatable bonds is 3. The Hall–Kier alpha value is -3.12. The highest BCUT2D eigenvalue weighted by Crippen LogP contribution is 2.21. The zero-order valence-electron chi connectivity index (χ0n) is 17.1. The molecule has 1 fully saturated rings. The summed E-state index contributed by atoms with van der Waals surface area (Å²) in [5.74, 6) is 0.821. The lowest BCUT2D eigenvalue weighted by Gasteiger charge is -2.35. The zero-order chi connectivity index (χ0) is 21.1. The van der Waals surface area contributed by atoms with Crippen LogP contribution in [-0.2, 0) is 0 Å². The average molecular weight is 422 g/mol. The average Bonchev–Trinajstić information content (AvgIpc) is 2.74. The lowest BCUT2D eigenvalue weighted by atomic mass is 10.1. The summed E-state index contributed by atoms with van der Waals surface area (Å²) in [6.45, 7) is 6.76. The summed E-state index contributed by atoms with van der Waals surface area (Å²) in [7, 11) is 0. The van der Waals surface area contributed by atoms with E-state index in [-0.39, 0.29) is 6.03 Å². The van der Waals surface area contributed by atoms with Crippen LogP contribution in [0.4, 0.5) is 16.3 Å². The molecule has 0 saturated carbocycles. The Bertz CT molecular complexity index is 1010. The zero-order valence-corrected chi connectivity index (χ0v) is 17.9. The second-order valence-corrected chi connectivity index (χ2v) is 8.00. The van der Waals surface area contributed by atoms with Crippen molar-refractivity contribution in [2.24, 2.45) is 0 Å². The summed E-state index contributed by atoms with van der Waals surface area (Å²) in [5, 5.41) is 12.4. The van der Waals surface area contributed by atoms with E-state index in [1.165, 1.54) is 0 Å². The smallest absolute Gasteiger partial charge is 0.321 e. The van der Waals surface area contributed by atoms with Crippen molar-refractivity contribution in [1.29, 1.82) is 0 Å². The number of aromatic nitrogens is 2. The summed E-state index contributed by atoms with van der Waals surface area (Å²) >= 11 is 5.94. The molecule has 2 aromatic carbocycles.